The van der Waals surface area contributed by atoms with Crippen molar-refractivity contribution in [1.29, 1.82) is 0 Å². The van der Waals surface area contributed by atoms with E-state index in [2.05, 4.69) is 20.3 Å². The van der Waals surface area contributed by atoms with Gasteiger partial charge in [0.2, 0.25) is 11.8 Å². The molecule has 1 N–H and O–H groups in total. The van der Waals surface area contributed by atoms with E-state index in [4.69, 9.17) is 16.3 Å². The van der Waals surface area contributed by atoms with Crippen molar-refractivity contribution in [3.63, 3.8) is 0 Å². The number of rotatable bonds is 5. The lowest BCUT2D eigenvalue weighted by Crippen LogP contribution is -2.12. The van der Waals surface area contributed by atoms with Crippen molar-refractivity contribution in [3.05, 3.63) is 58.9 Å². The number of ether oxygens (including phenoxy) is 1. The van der Waals surface area contributed by atoms with E-state index in [1.54, 1.807) is 6.07 Å². The summed E-state index contributed by atoms with van der Waals surface area (Å²) in [5.74, 6) is 0.379. The third-order valence-electron chi connectivity index (χ3n) is 4.72. The molecule has 1 amide bonds. The molecule has 11 heteroatoms. The second-order valence-corrected chi connectivity index (χ2v) is 8.34. The highest BCUT2D eigenvalue weighted by atomic mass is 35.5. The molecule has 0 saturated heterocycles. The molecule has 32 heavy (non-hydrogen) atoms. The van der Waals surface area contributed by atoms with E-state index in [0.29, 0.717) is 34.3 Å². The standard InChI is InChI=1S/C21H16ClF3N4O2S/c1-11-2-7-15(18-19(11)32-20(29-18)28-16(30)9-22)31-17-8-14(26-10-27-17)12-3-5-13(6-4-12)21(23,24)25/h3-8,10-11H,2,9H2,1H3,(H,28,29,30). The Morgan fingerprint density at radius 1 is 1.28 bits per heavy atom. The van der Waals surface area contributed by atoms with Crippen LogP contribution in [0.4, 0.5) is 18.3 Å². The maximum Gasteiger partial charge on any atom is 0.416 e. The van der Waals surface area contributed by atoms with Gasteiger partial charge in [0.15, 0.2) is 10.9 Å². The van der Waals surface area contributed by atoms with Gasteiger partial charge < -0.3 is 10.1 Å². The maximum atomic E-state index is 12.8. The number of aromatic nitrogens is 3. The first-order valence-electron chi connectivity index (χ1n) is 9.49. The monoisotopic (exact) mass is 480 g/mol. The van der Waals surface area contributed by atoms with E-state index in [0.717, 1.165) is 17.0 Å². The highest BCUT2D eigenvalue weighted by Crippen LogP contribution is 2.40. The Labute approximate surface area is 190 Å². The highest BCUT2D eigenvalue weighted by molar-refractivity contribution is 7.16. The minimum Gasteiger partial charge on any atom is -0.437 e. The van der Waals surface area contributed by atoms with Gasteiger partial charge in [0, 0.05) is 16.5 Å². The highest BCUT2D eigenvalue weighted by Gasteiger charge is 2.30. The van der Waals surface area contributed by atoms with E-state index in [-0.39, 0.29) is 23.6 Å². The van der Waals surface area contributed by atoms with Gasteiger partial charge in [-0.05, 0) is 30.5 Å². The van der Waals surface area contributed by atoms with E-state index in [1.807, 2.05) is 13.0 Å². The Morgan fingerprint density at radius 2 is 2.03 bits per heavy atom. The summed E-state index contributed by atoms with van der Waals surface area (Å²) in [6.07, 6.45) is -0.525. The van der Waals surface area contributed by atoms with Crippen LogP contribution in [0.2, 0.25) is 0 Å². The number of carbonyl (C=O) groups is 1. The van der Waals surface area contributed by atoms with Crippen molar-refractivity contribution in [1.82, 2.24) is 15.0 Å². The van der Waals surface area contributed by atoms with E-state index in [1.165, 1.54) is 29.8 Å². The molecule has 0 spiro atoms. The van der Waals surface area contributed by atoms with Crippen LogP contribution in [0.3, 0.4) is 0 Å². The molecule has 1 atom stereocenters. The average Bonchev–Trinajstić information content (AvgIpc) is 3.20. The first kappa shape index (κ1) is 22.2. The second kappa shape index (κ2) is 8.87. The van der Waals surface area contributed by atoms with E-state index >= 15 is 0 Å². The van der Waals surface area contributed by atoms with Crippen LogP contribution in [0.15, 0.2) is 42.7 Å². The van der Waals surface area contributed by atoms with Crippen molar-refractivity contribution in [3.8, 4) is 17.1 Å². The fourth-order valence-corrected chi connectivity index (χ4v) is 4.24. The third kappa shape index (κ3) is 4.76. The number of nitrogens with zero attached hydrogens (tertiary/aromatic N) is 3. The summed E-state index contributed by atoms with van der Waals surface area (Å²) in [6, 6.07) is 6.24. The van der Waals surface area contributed by atoms with Crippen molar-refractivity contribution < 1.29 is 22.7 Å². The van der Waals surface area contributed by atoms with Crippen LogP contribution in [0.25, 0.3) is 17.0 Å². The molecule has 0 aliphatic heterocycles. The van der Waals surface area contributed by atoms with Crippen molar-refractivity contribution in [2.45, 2.75) is 25.4 Å². The summed E-state index contributed by atoms with van der Waals surface area (Å²) < 4.78 is 44.4. The predicted molar refractivity (Wildman–Crippen MR) is 116 cm³/mol. The zero-order valence-corrected chi connectivity index (χ0v) is 18.2. The Kier molecular flexibility index (Phi) is 6.16. The average molecular weight is 481 g/mol. The van der Waals surface area contributed by atoms with Gasteiger partial charge in [-0.2, -0.15) is 13.2 Å². The zero-order valence-electron chi connectivity index (χ0n) is 16.6. The van der Waals surface area contributed by atoms with Gasteiger partial charge in [0.1, 0.15) is 17.9 Å². The molecule has 1 aliphatic carbocycles. The number of amides is 1. The fourth-order valence-electron chi connectivity index (χ4n) is 3.12. The number of thiazole rings is 1. The molecule has 1 aromatic carbocycles. The second-order valence-electron chi connectivity index (χ2n) is 7.04. The molecule has 6 nitrogen and oxygen atoms in total. The molecule has 2 heterocycles. The van der Waals surface area contributed by atoms with Gasteiger partial charge in [0.25, 0.3) is 0 Å². The Balaban J connectivity index is 1.57. The fraction of sp³-hybridized carbons (Fsp3) is 0.238. The van der Waals surface area contributed by atoms with Crippen LogP contribution in [0.5, 0.6) is 5.88 Å². The topological polar surface area (TPSA) is 77.0 Å². The summed E-state index contributed by atoms with van der Waals surface area (Å²) in [6.45, 7) is 2.05. The molecule has 166 valence electrons. The zero-order chi connectivity index (χ0) is 22.9. The molecule has 0 bridgehead atoms. The Bertz CT molecular complexity index is 1180. The van der Waals surface area contributed by atoms with Crippen LogP contribution in [-0.4, -0.2) is 26.7 Å². The van der Waals surface area contributed by atoms with Gasteiger partial charge in [-0.15, -0.1) is 22.9 Å². The lowest BCUT2D eigenvalue weighted by molar-refractivity contribution is -0.137. The van der Waals surface area contributed by atoms with Gasteiger partial charge in [0.05, 0.1) is 11.3 Å². The molecule has 0 fully saturated rings. The lowest BCUT2D eigenvalue weighted by atomic mass is 9.98. The normalized spacial score (nSPS) is 15.7. The number of benzene rings is 1. The molecule has 3 aromatic rings. The minimum absolute atomic E-state index is 0.174. The number of alkyl halides is 4. The van der Waals surface area contributed by atoms with E-state index < -0.39 is 11.7 Å². The number of anilines is 1. The number of hydrogen-bond donors (Lipinski definition) is 1. The molecule has 0 radical (unpaired) electrons. The molecule has 0 saturated carbocycles. The van der Waals surface area contributed by atoms with Gasteiger partial charge in [-0.1, -0.05) is 19.1 Å². The predicted octanol–water partition coefficient (Wildman–Crippen LogP) is 5.72. The number of carbonyl (C=O) groups excluding carboxylic acids is 1. The van der Waals surface area contributed by atoms with Crippen molar-refractivity contribution >= 4 is 39.7 Å². The van der Waals surface area contributed by atoms with Crippen LogP contribution < -0.4 is 10.1 Å². The minimum atomic E-state index is -4.41. The number of fused-ring (bicyclic) bond motifs is 1. The summed E-state index contributed by atoms with van der Waals surface area (Å²) in [7, 11) is 0. The summed E-state index contributed by atoms with van der Waals surface area (Å²) in [4.78, 5) is 25.3. The maximum absolute atomic E-state index is 12.8. The van der Waals surface area contributed by atoms with Gasteiger partial charge in [-0.25, -0.2) is 15.0 Å². The van der Waals surface area contributed by atoms with Gasteiger partial charge >= 0.3 is 6.18 Å². The summed E-state index contributed by atoms with van der Waals surface area (Å²) in [5.41, 5.74) is 0.786. The lowest BCUT2D eigenvalue weighted by Gasteiger charge is -2.17. The van der Waals surface area contributed by atoms with Crippen LogP contribution in [-0.2, 0) is 11.0 Å². The molecule has 4 rings (SSSR count). The van der Waals surface area contributed by atoms with Gasteiger partial charge in [-0.3, -0.25) is 4.79 Å². The first-order chi connectivity index (χ1) is 15.2. The SMILES string of the molecule is CC1CC=C(Oc2cc(-c3ccc(C(F)(F)F)cc3)ncn2)c2nc(NC(=O)CCl)sc21. The van der Waals surface area contributed by atoms with Crippen LogP contribution in [0, 0.1) is 0 Å². The van der Waals surface area contributed by atoms with Crippen LogP contribution >= 0.6 is 22.9 Å². The Morgan fingerprint density at radius 3 is 2.72 bits per heavy atom. The molecule has 2 aromatic heterocycles. The van der Waals surface area contributed by atoms with E-state index in [9.17, 15) is 18.0 Å². The molecular weight excluding hydrogens is 465 g/mol. The largest absolute Gasteiger partial charge is 0.437 e. The van der Waals surface area contributed by atoms with Crippen LogP contribution in [0.1, 0.15) is 35.4 Å². The molecule has 1 unspecified atom stereocenters. The Hall–Kier alpha value is -2.98. The summed E-state index contributed by atoms with van der Waals surface area (Å²) >= 11 is 6.91. The third-order valence-corrected chi connectivity index (χ3v) is 6.17. The number of hydrogen-bond acceptors (Lipinski definition) is 6. The number of nitrogens with one attached hydrogen (secondary N) is 1. The molecule has 1 aliphatic rings. The number of halogens is 4. The number of allylic oxidation sites excluding steroid dienone is 1. The van der Waals surface area contributed by atoms with Crippen molar-refractivity contribution in [2.24, 2.45) is 0 Å². The molecular formula is C21H16ClF3N4O2S. The quantitative estimate of drug-likeness (QED) is 0.472. The summed E-state index contributed by atoms with van der Waals surface area (Å²) in [5, 5.41) is 3.08. The van der Waals surface area contributed by atoms with Crippen molar-refractivity contribution in [2.75, 3.05) is 11.2 Å². The first-order valence-corrected chi connectivity index (χ1v) is 10.8. The smallest absolute Gasteiger partial charge is 0.416 e.